The topological polar surface area (TPSA) is 48.1 Å². The van der Waals surface area contributed by atoms with Crippen molar-refractivity contribution in [1.82, 2.24) is 14.5 Å². The Bertz CT molecular complexity index is 1160. The molecule has 3 aromatic rings. The van der Waals surface area contributed by atoms with Gasteiger partial charge in [0.2, 0.25) is 0 Å². The van der Waals surface area contributed by atoms with Crippen molar-refractivity contribution in [2.75, 3.05) is 37.6 Å². The molecule has 3 heterocycles. The van der Waals surface area contributed by atoms with Crippen LogP contribution in [0.3, 0.4) is 0 Å². The van der Waals surface area contributed by atoms with Crippen LogP contribution in [0.4, 0.5) is 5.69 Å². The summed E-state index contributed by atoms with van der Waals surface area (Å²) in [7, 11) is 0. The van der Waals surface area contributed by atoms with E-state index >= 15 is 0 Å². The van der Waals surface area contributed by atoms with Crippen LogP contribution in [0.1, 0.15) is 49.7 Å². The molecule has 2 saturated heterocycles. The molecule has 2 aliphatic heterocycles. The van der Waals surface area contributed by atoms with Gasteiger partial charge in [-0.15, -0.1) is 0 Å². The highest BCUT2D eigenvalue weighted by atomic mass is 15.2. The van der Waals surface area contributed by atoms with Crippen LogP contribution in [-0.2, 0) is 12.0 Å². The molecule has 0 bridgehead atoms. The fraction of sp³-hybridized carbons (Fsp3) is 0.500. The van der Waals surface area contributed by atoms with Crippen LogP contribution < -0.4 is 4.90 Å². The first kappa shape index (κ1) is 24.2. The van der Waals surface area contributed by atoms with E-state index in [-0.39, 0.29) is 5.41 Å². The lowest BCUT2D eigenvalue weighted by atomic mass is 9.59. The number of nitrogens with zero attached hydrogens (tertiary/aromatic N) is 5. The molecule has 1 atom stereocenters. The minimum absolute atomic E-state index is 0.188. The average molecular weight is 494 g/mol. The molecule has 0 spiro atoms. The maximum atomic E-state index is 9.05. The normalized spacial score (nSPS) is 21.4. The predicted octanol–water partition coefficient (Wildman–Crippen LogP) is 5.73. The number of imidazole rings is 1. The number of hydrogen-bond acceptors (Lipinski definition) is 4. The number of benzene rings is 2. The number of rotatable bonds is 8. The lowest BCUT2D eigenvalue weighted by Crippen LogP contribution is -2.54. The summed E-state index contributed by atoms with van der Waals surface area (Å²) in [6, 6.07) is 21.7. The minimum Gasteiger partial charge on any atom is -0.371 e. The summed E-state index contributed by atoms with van der Waals surface area (Å²) in [6.07, 6.45) is 14.2. The summed E-state index contributed by atoms with van der Waals surface area (Å²) in [5.74, 6) is 2.20. The molecule has 0 radical (unpaired) electrons. The number of hydrogen-bond donors (Lipinski definition) is 0. The fourth-order valence-electron chi connectivity index (χ4n) is 7.66. The largest absolute Gasteiger partial charge is 0.371 e. The maximum Gasteiger partial charge on any atom is 0.0991 e. The van der Waals surface area contributed by atoms with Crippen molar-refractivity contribution in [1.29, 1.82) is 5.26 Å². The Kier molecular flexibility index (Phi) is 7.02. The van der Waals surface area contributed by atoms with Gasteiger partial charge in [0, 0.05) is 55.6 Å². The summed E-state index contributed by atoms with van der Waals surface area (Å²) >= 11 is 0. The van der Waals surface area contributed by atoms with Gasteiger partial charge in [0.1, 0.15) is 0 Å². The van der Waals surface area contributed by atoms with Crippen LogP contribution in [0, 0.1) is 29.1 Å². The van der Waals surface area contributed by atoms with Crippen molar-refractivity contribution in [3.63, 3.8) is 0 Å². The molecule has 5 heteroatoms. The summed E-state index contributed by atoms with van der Waals surface area (Å²) < 4.78 is 2.35. The predicted molar refractivity (Wildman–Crippen MR) is 148 cm³/mol. The van der Waals surface area contributed by atoms with Crippen LogP contribution >= 0.6 is 0 Å². The Morgan fingerprint density at radius 3 is 2.24 bits per heavy atom. The third-order valence-electron chi connectivity index (χ3n) is 9.55. The molecule has 192 valence electrons. The smallest absolute Gasteiger partial charge is 0.0991 e. The molecule has 1 saturated carbocycles. The van der Waals surface area contributed by atoms with E-state index in [0.717, 1.165) is 37.0 Å². The number of aromatic nitrogens is 2. The molecule has 0 amide bonds. The van der Waals surface area contributed by atoms with Gasteiger partial charge in [-0.3, -0.25) is 0 Å². The Morgan fingerprint density at radius 1 is 0.892 bits per heavy atom. The Morgan fingerprint density at radius 2 is 1.59 bits per heavy atom. The van der Waals surface area contributed by atoms with Gasteiger partial charge in [-0.25, -0.2) is 4.98 Å². The zero-order valence-corrected chi connectivity index (χ0v) is 21.9. The van der Waals surface area contributed by atoms with Crippen molar-refractivity contribution >= 4 is 5.69 Å². The van der Waals surface area contributed by atoms with Crippen molar-refractivity contribution in [3.05, 3.63) is 84.4 Å². The second kappa shape index (κ2) is 10.7. The van der Waals surface area contributed by atoms with E-state index in [1.807, 2.05) is 24.7 Å². The summed E-state index contributed by atoms with van der Waals surface area (Å²) in [5, 5.41) is 9.05. The molecule has 3 fully saturated rings. The SMILES string of the molecule is N#Cc1ccc(N2CC(CN3CCC(C(Cn4ccnc4)(c4ccccc4)C4CCCC4)CC3)C2)cc1. The van der Waals surface area contributed by atoms with Crippen LogP contribution in [-0.4, -0.2) is 47.2 Å². The van der Waals surface area contributed by atoms with E-state index in [0.29, 0.717) is 5.92 Å². The van der Waals surface area contributed by atoms with Gasteiger partial charge in [0.15, 0.2) is 0 Å². The zero-order chi connectivity index (χ0) is 25.1. The average Bonchev–Trinajstić information content (AvgIpc) is 3.65. The van der Waals surface area contributed by atoms with Crippen LogP contribution in [0.2, 0.25) is 0 Å². The van der Waals surface area contributed by atoms with E-state index in [2.05, 4.69) is 74.1 Å². The third-order valence-corrected chi connectivity index (χ3v) is 9.55. The van der Waals surface area contributed by atoms with Crippen molar-refractivity contribution in [2.24, 2.45) is 17.8 Å². The molecule has 37 heavy (non-hydrogen) atoms. The summed E-state index contributed by atoms with van der Waals surface area (Å²) in [6.45, 7) is 6.94. The Hall–Kier alpha value is -3.10. The first-order valence-electron chi connectivity index (χ1n) is 14.2. The second-order valence-corrected chi connectivity index (χ2v) is 11.6. The van der Waals surface area contributed by atoms with E-state index in [1.165, 1.54) is 63.8 Å². The third kappa shape index (κ3) is 4.92. The maximum absolute atomic E-state index is 9.05. The molecule has 6 rings (SSSR count). The van der Waals surface area contributed by atoms with Crippen molar-refractivity contribution < 1.29 is 0 Å². The number of nitriles is 1. The van der Waals surface area contributed by atoms with Gasteiger partial charge < -0.3 is 14.4 Å². The lowest BCUT2D eigenvalue weighted by Gasteiger charge is -2.50. The quantitative estimate of drug-likeness (QED) is 0.402. The summed E-state index contributed by atoms with van der Waals surface area (Å²) in [4.78, 5) is 9.59. The van der Waals surface area contributed by atoms with Crippen LogP contribution in [0.15, 0.2) is 73.3 Å². The molecule has 0 N–H and O–H groups in total. The van der Waals surface area contributed by atoms with Gasteiger partial charge in [-0.05, 0) is 80.4 Å². The van der Waals surface area contributed by atoms with Gasteiger partial charge in [0.25, 0.3) is 0 Å². The summed E-state index contributed by atoms with van der Waals surface area (Å²) in [5.41, 5.74) is 3.72. The first-order valence-corrected chi connectivity index (χ1v) is 14.2. The Balaban J connectivity index is 1.13. The first-order chi connectivity index (χ1) is 18.2. The standard InChI is InChI=1S/C32H39N5/c33-20-26-10-12-31(13-11-26)37-22-27(23-37)21-35-17-14-30(15-18-35)32(29-8-4-5-9-29,24-36-19-16-34-25-36)28-6-2-1-3-7-28/h1-3,6-7,10-13,16,19,25,27,29-30H,4-5,8-9,14-15,17-18,21-24H2. The molecular weight excluding hydrogens is 454 g/mol. The Labute approximate surface area is 221 Å². The van der Waals surface area contributed by atoms with Crippen LogP contribution in [0.5, 0.6) is 0 Å². The van der Waals surface area contributed by atoms with Gasteiger partial charge >= 0.3 is 0 Å². The van der Waals surface area contributed by atoms with Gasteiger partial charge in [0.05, 0.1) is 18.0 Å². The van der Waals surface area contributed by atoms with Crippen molar-refractivity contribution in [3.8, 4) is 6.07 Å². The van der Waals surface area contributed by atoms with E-state index in [9.17, 15) is 0 Å². The monoisotopic (exact) mass is 493 g/mol. The highest BCUT2D eigenvalue weighted by Gasteiger charge is 2.48. The van der Waals surface area contributed by atoms with Crippen LogP contribution in [0.25, 0.3) is 0 Å². The number of likely N-dealkylation sites (tertiary alicyclic amines) is 1. The molecular formula is C32H39N5. The van der Waals surface area contributed by atoms with Gasteiger partial charge in [-0.2, -0.15) is 5.26 Å². The minimum atomic E-state index is 0.188. The fourth-order valence-corrected chi connectivity index (χ4v) is 7.66. The molecule has 1 aromatic heterocycles. The molecule has 3 aliphatic rings. The number of anilines is 1. The lowest BCUT2D eigenvalue weighted by molar-refractivity contribution is 0.0646. The zero-order valence-electron chi connectivity index (χ0n) is 21.9. The molecule has 2 aromatic carbocycles. The van der Waals surface area contributed by atoms with E-state index < -0.39 is 0 Å². The molecule has 1 aliphatic carbocycles. The van der Waals surface area contributed by atoms with Gasteiger partial charge in [-0.1, -0.05) is 43.2 Å². The highest BCUT2D eigenvalue weighted by molar-refractivity contribution is 5.51. The van der Waals surface area contributed by atoms with E-state index in [4.69, 9.17) is 5.26 Å². The van der Waals surface area contributed by atoms with E-state index in [1.54, 1.807) is 5.56 Å². The number of piperidine rings is 1. The second-order valence-electron chi connectivity index (χ2n) is 11.6. The molecule has 5 nitrogen and oxygen atoms in total. The molecule has 1 unspecified atom stereocenters. The highest BCUT2D eigenvalue weighted by Crippen LogP contribution is 2.51. The van der Waals surface area contributed by atoms with Crippen molar-refractivity contribution in [2.45, 2.75) is 50.5 Å².